The molecule has 1 aliphatic carbocycles. The van der Waals surface area contributed by atoms with Crippen LogP contribution in [0.2, 0.25) is 0 Å². The van der Waals surface area contributed by atoms with Crippen LogP contribution in [0.1, 0.15) is 30.0 Å². The minimum Gasteiger partial charge on any atom is -0.326 e. The molecule has 18 heavy (non-hydrogen) atoms. The summed E-state index contributed by atoms with van der Waals surface area (Å²) in [5.41, 5.74) is 7.93. The van der Waals surface area contributed by atoms with Crippen molar-refractivity contribution in [3.05, 3.63) is 58.3 Å². The number of benzene rings is 1. The predicted molar refractivity (Wildman–Crippen MR) is 70.4 cm³/mol. The molecule has 94 valence electrons. The number of aromatic nitrogens is 2. The highest BCUT2D eigenvalue weighted by Gasteiger charge is 2.25. The second-order valence-corrected chi connectivity index (χ2v) is 4.87. The molecular formula is C14H17N3O. The number of rotatable bonds is 4. The van der Waals surface area contributed by atoms with E-state index in [1.54, 1.807) is 4.57 Å². The lowest BCUT2D eigenvalue weighted by molar-refractivity contribution is 0.656. The van der Waals surface area contributed by atoms with Crippen LogP contribution in [0, 0.1) is 0 Å². The van der Waals surface area contributed by atoms with E-state index in [0.29, 0.717) is 19.1 Å². The maximum atomic E-state index is 12.1. The van der Waals surface area contributed by atoms with E-state index in [-0.39, 0.29) is 5.69 Å². The Morgan fingerprint density at radius 1 is 1.22 bits per heavy atom. The fourth-order valence-corrected chi connectivity index (χ4v) is 2.23. The molecule has 1 aromatic heterocycles. The maximum absolute atomic E-state index is 12.1. The minimum atomic E-state index is 0.0932. The SMILES string of the molecule is NCc1cccc(Cn2ccn(C3CC3)c2=O)c1. The van der Waals surface area contributed by atoms with Gasteiger partial charge in [0.2, 0.25) is 0 Å². The van der Waals surface area contributed by atoms with Gasteiger partial charge in [0, 0.05) is 25.0 Å². The summed E-state index contributed by atoms with van der Waals surface area (Å²) in [7, 11) is 0. The number of hydrogen-bond acceptors (Lipinski definition) is 2. The smallest absolute Gasteiger partial charge is 0.326 e. The average Bonchev–Trinajstić information content (AvgIpc) is 3.17. The van der Waals surface area contributed by atoms with Crippen LogP contribution in [0.25, 0.3) is 0 Å². The van der Waals surface area contributed by atoms with Crippen molar-refractivity contribution in [2.45, 2.75) is 32.0 Å². The van der Waals surface area contributed by atoms with Gasteiger partial charge in [-0.05, 0) is 24.0 Å². The number of nitrogens with two attached hydrogens (primary N) is 1. The van der Waals surface area contributed by atoms with Gasteiger partial charge in [-0.3, -0.25) is 9.13 Å². The van der Waals surface area contributed by atoms with E-state index in [1.807, 2.05) is 35.2 Å². The first-order valence-electron chi connectivity index (χ1n) is 6.33. The molecule has 0 radical (unpaired) electrons. The molecule has 4 nitrogen and oxygen atoms in total. The zero-order valence-electron chi connectivity index (χ0n) is 10.2. The number of nitrogens with zero attached hydrogens (tertiary/aromatic N) is 2. The van der Waals surface area contributed by atoms with Gasteiger partial charge in [0.1, 0.15) is 0 Å². The molecule has 1 fully saturated rings. The summed E-state index contributed by atoms with van der Waals surface area (Å²) >= 11 is 0. The Bertz CT molecular complexity index is 607. The Balaban J connectivity index is 1.85. The van der Waals surface area contributed by atoms with Crippen molar-refractivity contribution >= 4 is 0 Å². The van der Waals surface area contributed by atoms with Gasteiger partial charge in [0.15, 0.2) is 0 Å². The molecular weight excluding hydrogens is 226 g/mol. The molecule has 0 bridgehead atoms. The summed E-state index contributed by atoms with van der Waals surface area (Å²) < 4.78 is 3.60. The van der Waals surface area contributed by atoms with Crippen molar-refractivity contribution in [1.29, 1.82) is 0 Å². The molecule has 2 aromatic rings. The summed E-state index contributed by atoms with van der Waals surface area (Å²) in [5, 5.41) is 0. The van der Waals surface area contributed by atoms with Crippen LogP contribution in [0.4, 0.5) is 0 Å². The maximum Gasteiger partial charge on any atom is 0.328 e. The second kappa shape index (κ2) is 4.46. The molecule has 2 N–H and O–H groups in total. The van der Waals surface area contributed by atoms with Crippen LogP contribution in [0.3, 0.4) is 0 Å². The zero-order valence-corrected chi connectivity index (χ0v) is 10.2. The standard InChI is InChI=1S/C14H17N3O/c15-9-11-2-1-3-12(8-11)10-16-6-7-17(14(16)18)13-4-5-13/h1-3,6-8,13H,4-5,9-10,15H2. The van der Waals surface area contributed by atoms with Gasteiger partial charge >= 0.3 is 5.69 Å². The van der Waals surface area contributed by atoms with Crippen LogP contribution < -0.4 is 11.4 Å². The third kappa shape index (κ3) is 2.11. The topological polar surface area (TPSA) is 52.9 Å². The van der Waals surface area contributed by atoms with Crippen molar-refractivity contribution in [3.63, 3.8) is 0 Å². The van der Waals surface area contributed by atoms with Gasteiger partial charge in [-0.1, -0.05) is 24.3 Å². The third-order valence-electron chi connectivity index (χ3n) is 3.39. The van der Waals surface area contributed by atoms with E-state index in [1.165, 1.54) is 0 Å². The fraction of sp³-hybridized carbons (Fsp3) is 0.357. The minimum absolute atomic E-state index is 0.0932. The number of hydrogen-bond donors (Lipinski definition) is 1. The predicted octanol–water partition coefficient (Wildman–Crippen LogP) is 1.49. The molecule has 1 heterocycles. The van der Waals surface area contributed by atoms with Crippen LogP contribution >= 0.6 is 0 Å². The molecule has 4 heteroatoms. The van der Waals surface area contributed by atoms with E-state index >= 15 is 0 Å². The van der Waals surface area contributed by atoms with E-state index in [0.717, 1.165) is 24.0 Å². The molecule has 0 unspecified atom stereocenters. The summed E-state index contributed by atoms with van der Waals surface area (Å²) in [5.74, 6) is 0. The molecule has 0 spiro atoms. The fourth-order valence-electron chi connectivity index (χ4n) is 2.23. The quantitative estimate of drug-likeness (QED) is 0.884. The molecule has 0 saturated heterocycles. The Morgan fingerprint density at radius 3 is 2.72 bits per heavy atom. The molecule has 3 rings (SSSR count). The van der Waals surface area contributed by atoms with Gasteiger partial charge in [-0.15, -0.1) is 0 Å². The first kappa shape index (κ1) is 11.3. The monoisotopic (exact) mass is 243 g/mol. The van der Waals surface area contributed by atoms with E-state index in [2.05, 4.69) is 6.07 Å². The van der Waals surface area contributed by atoms with Crippen molar-refractivity contribution in [3.8, 4) is 0 Å². The van der Waals surface area contributed by atoms with E-state index in [9.17, 15) is 4.79 Å². The lowest BCUT2D eigenvalue weighted by Crippen LogP contribution is -2.23. The lowest BCUT2D eigenvalue weighted by atomic mass is 10.1. The second-order valence-electron chi connectivity index (χ2n) is 4.87. The van der Waals surface area contributed by atoms with Crippen LogP contribution in [0.5, 0.6) is 0 Å². The highest BCUT2D eigenvalue weighted by Crippen LogP contribution is 2.33. The molecule has 0 aliphatic heterocycles. The molecule has 0 atom stereocenters. The molecule has 1 saturated carbocycles. The summed E-state index contributed by atoms with van der Waals surface area (Å²) in [6, 6.07) is 8.51. The normalized spacial score (nSPS) is 14.9. The molecule has 0 amide bonds. The van der Waals surface area contributed by atoms with Crippen molar-refractivity contribution in [2.24, 2.45) is 5.73 Å². The van der Waals surface area contributed by atoms with E-state index in [4.69, 9.17) is 5.73 Å². The summed E-state index contributed by atoms with van der Waals surface area (Å²) in [6.45, 7) is 1.15. The van der Waals surface area contributed by atoms with Crippen LogP contribution in [-0.2, 0) is 13.1 Å². The average molecular weight is 243 g/mol. The Labute approximate surface area is 106 Å². The van der Waals surface area contributed by atoms with Crippen molar-refractivity contribution in [1.82, 2.24) is 9.13 Å². The van der Waals surface area contributed by atoms with Crippen LogP contribution in [-0.4, -0.2) is 9.13 Å². The van der Waals surface area contributed by atoms with Gasteiger partial charge in [0.25, 0.3) is 0 Å². The molecule has 1 aliphatic rings. The van der Waals surface area contributed by atoms with Crippen LogP contribution in [0.15, 0.2) is 41.5 Å². The highest BCUT2D eigenvalue weighted by molar-refractivity contribution is 5.23. The first-order chi connectivity index (χ1) is 8.78. The highest BCUT2D eigenvalue weighted by atomic mass is 16.1. The zero-order chi connectivity index (χ0) is 12.5. The summed E-state index contributed by atoms with van der Waals surface area (Å²) in [6.07, 6.45) is 6.03. The third-order valence-corrected chi connectivity index (χ3v) is 3.39. The van der Waals surface area contributed by atoms with Crippen molar-refractivity contribution < 1.29 is 0 Å². The number of imidazole rings is 1. The summed E-state index contributed by atoms with van der Waals surface area (Å²) in [4.78, 5) is 12.1. The Morgan fingerprint density at radius 2 is 2.00 bits per heavy atom. The van der Waals surface area contributed by atoms with Gasteiger partial charge in [-0.2, -0.15) is 0 Å². The first-order valence-corrected chi connectivity index (χ1v) is 6.33. The Kier molecular flexibility index (Phi) is 2.80. The Hall–Kier alpha value is -1.81. The van der Waals surface area contributed by atoms with E-state index < -0.39 is 0 Å². The van der Waals surface area contributed by atoms with Crippen molar-refractivity contribution in [2.75, 3.05) is 0 Å². The lowest BCUT2D eigenvalue weighted by Gasteiger charge is -2.04. The molecule has 1 aromatic carbocycles. The van der Waals surface area contributed by atoms with Gasteiger partial charge in [0.05, 0.1) is 6.54 Å². The largest absolute Gasteiger partial charge is 0.328 e. The van der Waals surface area contributed by atoms with Gasteiger partial charge in [-0.25, -0.2) is 4.79 Å². The van der Waals surface area contributed by atoms with Gasteiger partial charge < -0.3 is 5.73 Å².